The fraction of sp³-hybridized carbons (Fsp3) is 0.481. The lowest BCUT2D eigenvalue weighted by molar-refractivity contribution is -0.136. The maximum atomic E-state index is 13.6. The van der Waals surface area contributed by atoms with Crippen molar-refractivity contribution in [1.29, 1.82) is 0 Å². The fourth-order valence-corrected chi connectivity index (χ4v) is 4.97. The number of nitrogens with zero attached hydrogens (tertiary/aromatic N) is 6. The minimum Gasteiger partial charge on any atom is -0.353 e. The summed E-state index contributed by atoms with van der Waals surface area (Å²) < 4.78 is 3.22. The number of hydrogen-bond acceptors (Lipinski definition) is 5. The summed E-state index contributed by atoms with van der Waals surface area (Å²) in [6.45, 7) is 13.4. The Morgan fingerprint density at radius 2 is 1.61 bits per heavy atom. The molecule has 1 aromatic carbocycles. The zero-order chi connectivity index (χ0) is 26.0. The Morgan fingerprint density at radius 3 is 2.19 bits per heavy atom. The van der Waals surface area contributed by atoms with E-state index in [2.05, 4.69) is 10.00 Å². The van der Waals surface area contributed by atoms with Crippen LogP contribution in [-0.4, -0.2) is 85.7 Å². The highest BCUT2D eigenvalue weighted by molar-refractivity contribution is 6.00. The van der Waals surface area contributed by atoms with Crippen molar-refractivity contribution in [2.75, 3.05) is 32.7 Å². The molecule has 0 unspecified atom stereocenters. The van der Waals surface area contributed by atoms with Crippen molar-refractivity contribution in [3.05, 3.63) is 58.6 Å². The second kappa shape index (κ2) is 10.7. The topological polar surface area (TPSA) is 83.7 Å². The Bertz CT molecular complexity index is 1230. The maximum Gasteiger partial charge on any atom is 0.282 e. The van der Waals surface area contributed by atoms with Gasteiger partial charge in [0, 0.05) is 57.2 Å². The smallest absolute Gasteiger partial charge is 0.282 e. The van der Waals surface area contributed by atoms with E-state index in [1.165, 1.54) is 4.68 Å². The first-order chi connectivity index (χ1) is 17.2. The van der Waals surface area contributed by atoms with Crippen LogP contribution in [0.15, 0.2) is 47.5 Å². The molecule has 0 saturated carbocycles. The summed E-state index contributed by atoms with van der Waals surface area (Å²) in [6.07, 6.45) is 3.55. The lowest BCUT2D eigenvalue weighted by Gasteiger charge is -2.37. The Balaban J connectivity index is 1.53. The maximum absolute atomic E-state index is 13.6. The summed E-state index contributed by atoms with van der Waals surface area (Å²) in [5.74, 6) is -0.0274. The number of carbonyl (C=O) groups is 2. The van der Waals surface area contributed by atoms with Crippen molar-refractivity contribution in [1.82, 2.24) is 29.0 Å². The summed E-state index contributed by atoms with van der Waals surface area (Å²) in [5, 5.41) is 4.56. The molecule has 0 spiro atoms. The quantitative estimate of drug-likeness (QED) is 0.506. The summed E-state index contributed by atoms with van der Waals surface area (Å²) >= 11 is 0. The van der Waals surface area contributed by atoms with Crippen molar-refractivity contribution in [2.24, 2.45) is 0 Å². The fourth-order valence-electron chi connectivity index (χ4n) is 4.97. The van der Waals surface area contributed by atoms with Gasteiger partial charge in [-0.3, -0.25) is 19.3 Å². The molecule has 3 heterocycles. The van der Waals surface area contributed by atoms with Crippen LogP contribution in [-0.2, 0) is 11.3 Å². The Kier molecular flexibility index (Phi) is 7.59. The molecule has 1 aromatic rings. The average Bonchev–Trinajstić information content (AvgIpc) is 3.19. The molecule has 1 saturated heterocycles. The number of benzene rings is 1. The standard InChI is InChI=1S/C27H36N6O3/c1-6-29-16-22(25-23(17-29)27(36)33(28-25)21-10-8-7-9-11-21)26(35)31-14-12-30(13-15-31)18-24(34)32(19(2)3)20(4)5/h7-11,16-17,19-20H,6,12-15,18H2,1-5H3. The number of fused-ring (bicyclic) bond motifs is 1. The van der Waals surface area contributed by atoms with Gasteiger partial charge in [0.1, 0.15) is 5.69 Å². The third-order valence-corrected chi connectivity index (χ3v) is 6.74. The van der Waals surface area contributed by atoms with Crippen molar-refractivity contribution in [2.45, 2.75) is 53.2 Å². The number of pyridine rings is 1. The largest absolute Gasteiger partial charge is 0.353 e. The molecular weight excluding hydrogens is 456 g/mol. The number of aromatic nitrogens is 3. The summed E-state index contributed by atoms with van der Waals surface area (Å²) in [5.41, 5.74) is 1.70. The molecule has 0 atom stereocenters. The van der Waals surface area contributed by atoms with Gasteiger partial charge in [0.25, 0.3) is 11.5 Å². The van der Waals surface area contributed by atoms with Gasteiger partial charge >= 0.3 is 0 Å². The molecule has 0 bridgehead atoms. The lowest BCUT2D eigenvalue weighted by atomic mass is 10.1. The predicted molar refractivity (Wildman–Crippen MR) is 140 cm³/mol. The minimum atomic E-state index is -0.240. The van der Waals surface area contributed by atoms with Crippen LogP contribution in [0.3, 0.4) is 0 Å². The molecule has 0 N–H and O–H groups in total. The van der Waals surface area contributed by atoms with Crippen LogP contribution in [0.1, 0.15) is 45.0 Å². The van der Waals surface area contributed by atoms with E-state index in [-0.39, 0.29) is 29.5 Å². The Hall–Kier alpha value is -3.46. The second-order valence-electron chi connectivity index (χ2n) is 9.87. The van der Waals surface area contributed by atoms with Crippen LogP contribution in [0.25, 0.3) is 16.9 Å². The van der Waals surface area contributed by atoms with Crippen molar-refractivity contribution in [3.8, 4) is 16.9 Å². The zero-order valence-electron chi connectivity index (χ0n) is 21.8. The number of rotatable bonds is 7. The molecule has 1 fully saturated rings. The molecule has 0 aromatic heterocycles. The molecule has 4 rings (SSSR count). The van der Waals surface area contributed by atoms with Gasteiger partial charge in [-0.05, 0) is 46.8 Å². The van der Waals surface area contributed by atoms with Crippen LogP contribution in [0, 0.1) is 0 Å². The summed E-state index contributed by atoms with van der Waals surface area (Å²) in [4.78, 5) is 45.5. The number of piperazine rings is 1. The summed E-state index contributed by atoms with van der Waals surface area (Å²) in [6, 6.07) is 9.52. The van der Waals surface area contributed by atoms with Gasteiger partial charge in [-0.25, -0.2) is 0 Å². The highest BCUT2D eigenvalue weighted by Gasteiger charge is 2.30. The first-order valence-electron chi connectivity index (χ1n) is 12.7. The van der Waals surface area contributed by atoms with Gasteiger partial charge in [0.05, 0.1) is 23.4 Å². The monoisotopic (exact) mass is 492 g/mol. The van der Waals surface area contributed by atoms with E-state index >= 15 is 0 Å². The first-order valence-corrected chi connectivity index (χ1v) is 12.7. The van der Waals surface area contributed by atoms with Crippen LogP contribution in [0.4, 0.5) is 0 Å². The molecule has 3 aliphatic rings. The SMILES string of the molecule is CCn1cc(C(=O)N2CCN(CC(=O)N(C(C)C)C(C)C)CC2)c2nn(-c3ccccc3)c(=O)c-2c1. The molecule has 2 amide bonds. The lowest BCUT2D eigenvalue weighted by Crippen LogP contribution is -2.53. The number of carbonyl (C=O) groups excluding carboxylic acids is 2. The van der Waals surface area contributed by atoms with Crippen molar-refractivity contribution < 1.29 is 9.59 Å². The van der Waals surface area contributed by atoms with Crippen molar-refractivity contribution >= 4 is 11.8 Å². The normalized spacial score (nSPS) is 14.7. The van der Waals surface area contributed by atoms with Gasteiger partial charge in [0.15, 0.2) is 0 Å². The first kappa shape index (κ1) is 25.6. The van der Waals surface area contributed by atoms with Crippen LogP contribution in [0.2, 0.25) is 0 Å². The molecule has 9 nitrogen and oxygen atoms in total. The number of hydrogen-bond donors (Lipinski definition) is 0. The third kappa shape index (κ3) is 5.06. The number of aryl methyl sites for hydroxylation is 1. The highest BCUT2D eigenvalue weighted by atomic mass is 16.2. The van der Waals surface area contributed by atoms with E-state index in [1.54, 1.807) is 17.3 Å². The van der Waals surface area contributed by atoms with Gasteiger partial charge in [-0.1, -0.05) is 18.2 Å². The second-order valence-corrected chi connectivity index (χ2v) is 9.87. The molecule has 0 aliphatic carbocycles. The van der Waals surface area contributed by atoms with Crippen LogP contribution >= 0.6 is 0 Å². The molecule has 0 radical (unpaired) electrons. The molecular formula is C27H36N6O3. The van der Waals surface area contributed by atoms with Crippen molar-refractivity contribution in [3.63, 3.8) is 0 Å². The van der Waals surface area contributed by atoms with Gasteiger partial charge in [0.2, 0.25) is 5.91 Å². The van der Waals surface area contributed by atoms with E-state index in [0.29, 0.717) is 61.8 Å². The molecule has 3 aliphatic heterocycles. The molecule has 36 heavy (non-hydrogen) atoms. The molecule has 9 heteroatoms. The highest BCUT2D eigenvalue weighted by Crippen LogP contribution is 2.24. The van der Waals surface area contributed by atoms with E-state index < -0.39 is 0 Å². The number of amides is 2. The van der Waals surface area contributed by atoms with E-state index in [1.807, 2.05) is 74.4 Å². The predicted octanol–water partition coefficient (Wildman–Crippen LogP) is 2.56. The van der Waals surface area contributed by atoms with Crippen LogP contribution in [0.5, 0.6) is 0 Å². The van der Waals surface area contributed by atoms with Gasteiger partial charge < -0.3 is 14.4 Å². The number of para-hydroxylation sites is 1. The van der Waals surface area contributed by atoms with Crippen LogP contribution < -0.4 is 5.56 Å². The Labute approximate surface area is 212 Å². The van der Waals surface area contributed by atoms with E-state index in [4.69, 9.17) is 0 Å². The van der Waals surface area contributed by atoms with E-state index in [9.17, 15) is 14.4 Å². The average molecular weight is 493 g/mol. The molecule has 192 valence electrons. The third-order valence-electron chi connectivity index (χ3n) is 6.74. The Morgan fingerprint density at radius 1 is 0.972 bits per heavy atom. The van der Waals surface area contributed by atoms with Gasteiger partial charge in [-0.15, -0.1) is 0 Å². The summed E-state index contributed by atoms with van der Waals surface area (Å²) in [7, 11) is 0. The zero-order valence-corrected chi connectivity index (χ0v) is 21.8. The van der Waals surface area contributed by atoms with Gasteiger partial charge in [-0.2, -0.15) is 9.78 Å². The van der Waals surface area contributed by atoms with E-state index in [0.717, 1.165) is 0 Å². The minimum absolute atomic E-state index is 0.114.